The molecule has 1 rings (SSSR count). The van der Waals surface area contributed by atoms with E-state index in [-0.39, 0.29) is 0 Å². The van der Waals surface area contributed by atoms with Crippen LogP contribution in [0.2, 0.25) is 0 Å². The van der Waals surface area contributed by atoms with Crippen LogP contribution in [-0.4, -0.2) is 34.5 Å². The summed E-state index contributed by atoms with van der Waals surface area (Å²) in [6.07, 6.45) is 3.77. The zero-order valence-electron chi connectivity index (χ0n) is 13.1. The second-order valence-corrected chi connectivity index (χ2v) is 7.80. The minimum Gasteiger partial charge on any atom is -0.370 e. The van der Waals surface area contributed by atoms with Crippen molar-refractivity contribution in [3.63, 3.8) is 0 Å². The molecule has 120 valence electrons. The van der Waals surface area contributed by atoms with Crippen LogP contribution < -0.4 is 5.19 Å². The van der Waals surface area contributed by atoms with E-state index in [9.17, 15) is 0 Å². The van der Waals surface area contributed by atoms with E-state index in [0.29, 0.717) is 25.7 Å². The molecule has 0 bridgehead atoms. The van der Waals surface area contributed by atoms with Gasteiger partial charge in [-0.2, -0.15) is 0 Å². The van der Waals surface area contributed by atoms with Crippen molar-refractivity contribution in [2.24, 2.45) is 0 Å². The molecule has 0 aliphatic carbocycles. The molecule has 5 heteroatoms. The maximum Gasteiger partial charge on any atom is 0.537 e. The summed E-state index contributed by atoms with van der Waals surface area (Å²) >= 11 is 5.73. The highest BCUT2D eigenvalue weighted by Crippen LogP contribution is 2.13. The Morgan fingerprint density at radius 1 is 0.857 bits per heavy atom. The van der Waals surface area contributed by atoms with Gasteiger partial charge in [-0.15, -0.1) is 11.6 Å². The summed E-state index contributed by atoms with van der Waals surface area (Å²) in [5.41, 5.74) is 0. The van der Waals surface area contributed by atoms with Crippen molar-refractivity contribution in [2.45, 2.75) is 39.5 Å². The number of unbranched alkanes of at least 4 members (excludes halogenated alkanes) is 1. The highest BCUT2D eigenvalue weighted by atomic mass is 35.5. The summed E-state index contributed by atoms with van der Waals surface area (Å²) in [6, 6.07) is 10.1. The van der Waals surface area contributed by atoms with Crippen LogP contribution in [0.5, 0.6) is 0 Å². The molecular formula is C16H27ClO3Si. The van der Waals surface area contributed by atoms with E-state index in [2.05, 4.69) is 13.8 Å². The van der Waals surface area contributed by atoms with Gasteiger partial charge >= 0.3 is 8.80 Å². The van der Waals surface area contributed by atoms with E-state index >= 15 is 0 Å². The van der Waals surface area contributed by atoms with Gasteiger partial charge < -0.3 is 13.3 Å². The lowest BCUT2D eigenvalue weighted by molar-refractivity contribution is 0.0721. The zero-order chi connectivity index (χ0) is 15.4. The van der Waals surface area contributed by atoms with Crippen molar-refractivity contribution in [2.75, 3.05) is 25.7 Å². The highest BCUT2D eigenvalue weighted by molar-refractivity contribution is 6.75. The topological polar surface area (TPSA) is 27.7 Å². The predicted octanol–water partition coefficient (Wildman–Crippen LogP) is 3.72. The summed E-state index contributed by atoms with van der Waals surface area (Å²) in [5.74, 6) is 0.662. The standard InChI is InChI=1S/C16H27ClO3Si/c1-3-13-18-21(19-14-4-2,20-15-9-8-12-17)16-10-6-5-7-11-16/h5-7,10-11H,3-4,8-9,12-15H2,1-2H3. The first-order valence-electron chi connectivity index (χ1n) is 7.82. The minimum absolute atomic E-state index is 0.626. The second-order valence-electron chi connectivity index (χ2n) is 4.86. The molecule has 0 amide bonds. The molecule has 0 aliphatic rings. The molecule has 1 aromatic rings. The first-order chi connectivity index (χ1) is 10.3. The fraction of sp³-hybridized carbons (Fsp3) is 0.625. The molecule has 0 heterocycles. The van der Waals surface area contributed by atoms with Crippen LogP contribution in [0.4, 0.5) is 0 Å². The molecule has 0 saturated heterocycles. The van der Waals surface area contributed by atoms with Crippen molar-refractivity contribution in [1.82, 2.24) is 0 Å². The highest BCUT2D eigenvalue weighted by Gasteiger charge is 2.43. The normalized spacial score (nSPS) is 11.8. The van der Waals surface area contributed by atoms with Crippen molar-refractivity contribution < 1.29 is 13.3 Å². The average Bonchev–Trinajstić information content (AvgIpc) is 2.54. The number of hydrogen-bond donors (Lipinski definition) is 0. The van der Waals surface area contributed by atoms with Crippen LogP contribution >= 0.6 is 11.6 Å². The Morgan fingerprint density at radius 2 is 1.43 bits per heavy atom. The van der Waals surface area contributed by atoms with E-state index in [1.54, 1.807) is 0 Å². The Hall–Kier alpha value is -0.393. The van der Waals surface area contributed by atoms with Gasteiger partial charge in [0.15, 0.2) is 0 Å². The maximum absolute atomic E-state index is 6.16. The smallest absolute Gasteiger partial charge is 0.370 e. The third-order valence-electron chi connectivity index (χ3n) is 2.94. The van der Waals surface area contributed by atoms with E-state index in [1.807, 2.05) is 30.3 Å². The van der Waals surface area contributed by atoms with E-state index in [0.717, 1.165) is 30.9 Å². The molecular weight excluding hydrogens is 304 g/mol. The Morgan fingerprint density at radius 3 is 1.95 bits per heavy atom. The number of rotatable bonds is 12. The molecule has 0 atom stereocenters. The van der Waals surface area contributed by atoms with Gasteiger partial charge in [0.05, 0.1) is 0 Å². The fourth-order valence-electron chi connectivity index (χ4n) is 1.89. The largest absolute Gasteiger partial charge is 0.537 e. The summed E-state index contributed by atoms with van der Waals surface area (Å²) in [6.45, 7) is 6.12. The number of alkyl halides is 1. The summed E-state index contributed by atoms with van der Waals surface area (Å²) in [4.78, 5) is 0. The van der Waals surface area contributed by atoms with Crippen molar-refractivity contribution >= 4 is 25.6 Å². The maximum atomic E-state index is 6.16. The Balaban J connectivity index is 2.85. The van der Waals surface area contributed by atoms with Gasteiger partial charge in [0.1, 0.15) is 0 Å². The van der Waals surface area contributed by atoms with Gasteiger partial charge in [-0.25, -0.2) is 0 Å². The van der Waals surface area contributed by atoms with Gasteiger partial charge in [0.2, 0.25) is 0 Å². The first-order valence-corrected chi connectivity index (χ1v) is 10.1. The van der Waals surface area contributed by atoms with Crippen LogP contribution in [-0.2, 0) is 13.3 Å². The predicted molar refractivity (Wildman–Crippen MR) is 90.2 cm³/mol. The van der Waals surface area contributed by atoms with Crippen LogP contribution in [0.3, 0.4) is 0 Å². The molecule has 0 aromatic heterocycles. The number of halogens is 1. The molecule has 0 radical (unpaired) electrons. The summed E-state index contributed by atoms with van der Waals surface area (Å²) < 4.78 is 18.4. The van der Waals surface area contributed by atoms with Crippen LogP contribution in [0, 0.1) is 0 Å². The van der Waals surface area contributed by atoms with Crippen molar-refractivity contribution in [1.29, 1.82) is 0 Å². The fourth-order valence-corrected chi connectivity index (χ4v) is 4.79. The zero-order valence-corrected chi connectivity index (χ0v) is 14.9. The van der Waals surface area contributed by atoms with Gasteiger partial charge in [0.25, 0.3) is 0 Å². The van der Waals surface area contributed by atoms with Gasteiger partial charge in [-0.1, -0.05) is 44.2 Å². The molecule has 21 heavy (non-hydrogen) atoms. The van der Waals surface area contributed by atoms with Gasteiger partial charge in [0, 0.05) is 30.9 Å². The van der Waals surface area contributed by atoms with Crippen LogP contribution in [0.1, 0.15) is 39.5 Å². The third-order valence-corrected chi connectivity index (χ3v) is 6.00. The van der Waals surface area contributed by atoms with Crippen LogP contribution in [0.25, 0.3) is 0 Å². The minimum atomic E-state index is -2.81. The van der Waals surface area contributed by atoms with Crippen molar-refractivity contribution in [3.8, 4) is 0 Å². The van der Waals surface area contributed by atoms with Gasteiger partial charge in [-0.3, -0.25) is 0 Å². The molecule has 3 nitrogen and oxygen atoms in total. The molecule has 0 spiro atoms. The van der Waals surface area contributed by atoms with Crippen molar-refractivity contribution in [3.05, 3.63) is 30.3 Å². The SMILES string of the molecule is CCCO[Si](OCCC)(OCCCCCl)c1ccccc1. The number of benzene rings is 1. The summed E-state index contributed by atoms with van der Waals surface area (Å²) in [7, 11) is -2.81. The Labute approximate surface area is 134 Å². The van der Waals surface area contributed by atoms with E-state index < -0.39 is 8.80 Å². The molecule has 0 N–H and O–H groups in total. The third kappa shape index (κ3) is 6.49. The quantitative estimate of drug-likeness (QED) is 0.332. The van der Waals surface area contributed by atoms with E-state index in [1.165, 1.54) is 0 Å². The molecule has 0 unspecified atom stereocenters. The first kappa shape index (κ1) is 18.7. The Bertz CT molecular complexity index is 354. The second kappa shape index (κ2) is 11.2. The monoisotopic (exact) mass is 330 g/mol. The molecule has 1 aromatic carbocycles. The summed E-state index contributed by atoms with van der Waals surface area (Å²) in [5, 5.41) is 1.04. The lowest BCUT2D eigenvalue weighted by Gasteiger charge is -2.29. The molecule has 0 aliphatic heterocycles. The Kier molecular flexibility index (Phi) is 9.96. The van der Waals surface area contributed by atoms with E-state index in [4.69, 9.17) is 24.9 Å². The van der Waals surface area contributed by atoms with Crippen LogP contribution in [0.15, 0.2) is 30.3 Å². The number of hydrogen-bond acceptors (Lipinski definition) is 3. The average molecular weight is 331 g/mol. The lowest BCUT2D eigenvalue weighted by Crippen LogP contribution is -2.57. The lowest BCUT2D eigenvalue weighted by atomic mass is 10.4. The molecule has 0 fully saturated rings. The molecule has 0 saturated carbocycles. The van der Waals surface area contributed by atoms with Gasteiger partial charge in [-0.05, 0) is 25.7 Å².